The Hall–Kier alpha value is -2.53. The lowest BCUT2D eigenvalue weighted by Crippen LogP contribution is -2.52. The van der Waals surface area contributed by atoms with Crippen LogP contribution in [-0.4, -0.2) is 62.1 Å². The van der Waals surface area contributed by atoms with Gasteiger partial charge in [0.05, 0.1) is 35.0 Å². The number of rotatable bonds is 2. The first-order valence-corrected chi connectivity index (χ1v) is 11.3. The maximum absolute atomic E-state index is 13.3. The molecule has 9 nitrogen and oxygen atoms in total. The SMILES string of the molecule is C[C@@H]1O[C@@H](O[C@H]2C[C@@](C)(O)Cc3c(O)c4c(c(O)c32)C(=O)c2ccccc2C4=O)C[C@@H](N)[C@H]1O.Cl. The van der Waals surface area contributed by atoms with Crippen molar-refractivity contribution in [3.05, 3.63) is 57.6 Å². The van der Waals surface area contributed by atoms with Crippen molar-refractivity contribution in [3.8, 4) is 11.5 Å². The lowest BCUT2D eigenvalue weighted by molar-refractivity contribution is -0.247. The summed E-state index contributed by atoms with van der Waals surface area (Å²) in [7, 11) is 0. The Morgan fingerprint density at radius 1 is 1.09 bits per heavy atom. The number of carbonyl (C=O) groups excluding carboxylic acids is 2. The van der Waals surface area contributed by atoms with Gasteiger partial charge in [-0.25, -0.2) is 0 Å². The maximum Gasteiger partial charge on any atom is 0.198 e. The second-order valence-electron chi connectivity index (χ2n) is 9.71. The van der Waals surface area contributed by atoms with Crippen LogP contribution in [0.4, 0.5) is 0 Å². The number of carbonyl (C=O) groups is 2. The lowest BCUT2D eigenvalue weighted by Gasteiger charge is -2.41. The second kappa shape index (κ2) is 8.85. The third-order valence-corrected chi connectivity index (χ3v) is 7.03. The second-order valence-corrected chi connectivity index (χ2v) is 9.71. The Morgan fingerprint density at radius 3 is 2.23 bits per heavy atom. The molecule has 0 saturated carbocycles. The first kappa shape index (κ1) is 25.6. The Morgan fingerprint density at radius 2 is 1.66 bits per heavy atom. The highest BCUT2D eigenvalue weighted by molar-refractivity contribution is 6.30. The van der Waals surface area contributed by atoms with Gasteiger partial charge in [0.2, 0.25) is 0 Å². The molecular weight excluding hydrogens is 478 g/mol. The molecule has 0 spiro atoms. The molecule has 0 bridgehead atoms. The van der Waals surface area contributed by atoms with E-state index in [0.717, 1.165) is 0 Å². The first-order valence-electron chi connectivity index (χ1n) is 11.3. The molecule has 188 valence electrons. The topological polar surface area (TPSA) is 160 Å². The van der Waals surface area contributed by atoms with Gasteiger partial charge in [-0.05, 0) is 13.8 Å². The van der Waals surface area contributed by atoms with E-state index in [-0.39, 0.29) is 65.1 Å². The summed E-state index contributed by atoms with van der Waals surface area (Å²) in [6.07, 6.45) is -3.13. The predicted octanol–water partition coefficient (Wildman–Crippen LogP) is 1.87. The van der Waals surface area contributed by atoms with Crippen molar-refractivity contribution in [2.24, 2.45) is 5.73 Å². The third kappa shape index (κ3) is 4.02. The number of aliphatic hydroxyl groups is 2. The molecule has 0 radical (unpaired) electrons. The Labute approximate surface area is 207 Å². The van der Waals surface area contributed by atoms with Crippen LogP contribution in [0.5, 0.6) is 11.5 Å². The number of hydrogen-bond acceptors (Lipinski definition) is 9. The first-order chi connectivity index (χ1) is 16.0. The van der Waals surface area contributed by atoms with Gasteiger partial charge >= 0.3 is 0 Å². The van der Waals surface area contributed by atoms with Gasteiger partial charge in [-0.2, -0.15) is 0 Å². The molecule has 3 aliphatic rings. The number of nitrogens with two attached hydrogens (primary N) is 1. The van der Waals surface area contributed by atoms with E-state index >= 15 is 0 Å². The molecule has 6 N–H and O–H groups in total. The van der Waals surface area contributed by atoms with E-state index in [1.54, 1.807) is 26.0 Å². The molecular formula is C25H28ClNO8. The summed E-state index contributed by atoms with van der Waals surface area (Å²) < 4.78 is 11.8. The van der Waals surface area contributed by atoms with Crippen molar-refractivity contribution in [2.75, 3.05) is 0 Å². The fourth-order valence-corrected chi connectivity index (χ4v) is 5.34. The highest BCUT2D eigenvalue weighted by atomic mass is 35.5. The van der Waals surface area contributed by atoms with E-state index < -0.39 is 59.3 Å². The van der Waals surface area contributed by atoms with Crippen LogP contribution in [0.1, 0.15) is 75.8 Å². The zero-order valence-corrected chi connectivity index (χ0v) is 20.0. The zero-order valence-electron chi connectivity index (χ0n) is 19.2. The van der Waals surface area contributed by atoms with Crippen molar-refractivity contribution in [2.45, 2.75) is 69.4 Å². The van der Waals surface area contributed by atoms with Crippen molar-refractivity contribution >= 4 is 24.0 Å². The van der Waals surface area contributed by atoms with Crippen LogP contribution in [0, 0.1) is 0 Å². The van der Waals surface area contributed by atoms with Crippen molar-refractivity contribution in [3.63, 3.8) is 0 Å². The quantitative estimate of drug-likeness (QED) is 0.327. The molecule has 0 unspecified atom stereocenters. The van der Waals surface area contributed by atoms with Gasteiger partial charge in [0.25, 0.3) is 0 Å². The summed E-state index contributed by atoms with van der Waals surface area (Å²) in [5.74, 6) is -2.06. The highest BCUT2D eigenvalue weighted by Gasteiger charge is 2.45. The summed E-state index contributed by atoms with van der Waals surface area (Å²) in [6, 6.07) is 5.63. The number of fused-ring (bicyclic) bond motifs is 3. The fraction of sp³-hybridized carbons (Fsp3) is 0.440. The summed E-state index contributed by atoms with van der Waals surface area (Å²) >= 11 is 0. The molecule has 2 aliphatic carbocycles. The summed E-state index contributed by atoms with van der Waals surface area (Å²) in [5.41, 5.74) is 4.68. The summed E-state index contributed by atoms with van der Waals surface area (Å²) in [5, 5.41) is 43.4. The highest BCUT2D eigenvalue weighted by Crippen LogP contribution is 2.51. The van der Waals surface area contributed by atoms with Gasteiger partial charge in [-0.3, -0.25) is 9.59 Å². The largest absolute Gasteiger partial charge is 0.507 e. The molecule has 1 fully saturated rings. The van der Waals surface area contributed by atoms with Gasteiger partial charge < -0.3 is 35.6 Å². The number of hydrogen-bond donors (Lipinski definition) is 5. The molecule has 0 aromatic heterocycles. The van der Waals surface area contributed by atoms with Crippen molar-refractivity contribution in [1.29, 1.82) is 0 Å². The molecule has 1 aliphatic heterocycles. The van der Waals surface area contributed by atoms with E-state index in [4.69, 9.17) is 15.2 Å². The van der Waals surface area contributed by atoms with Gasteiger partial charge in [-0.15, -0.1) is 12.4 Å². The smallest absolute Gasteiger partial charge is 0.198 e. The number of phenolic OH excluding ortho intramolecular Hbond substituents is 2. The molecule has 1 heterocycles. The van der Waals surface area contributed by atoms with Crippen molar-refractivity contribution in [1.82, 2.24) is 0 Å². The number of aliphatic hydroxyl groups excluding tert-OH is 1. The number of ether oxygens (including phenoxy) is 2. The van der Waals surface area contributed by atoms with Crippen LogP contribution < -0.4 is 5.73 Å². The van der Waals surface area contributed by atoms with Crippen LogP contribution in [0.2, 0.25) is 0 Å². The van der Waals surface area contributed by atoms with Gasteiger partial charge in [0, 0.05) is 47.6 Å². The molecule has 1 saturated heterocycles. The van der Waals surface area contributed by atoms with E-state index in [9.17, 15) is 30.0 Å². The fourth-order valence-electron chi connectivity index (χ4n) is 5.34. The van der Waals surface area contributed by atoms with Gasteiger partial charge in [0.15, 0.2) is 17.9 Å². The van der Waals surface area contributed by atoms with E-state index in [1.807, 2.05) is 0 Å². The van der Waals surface area contributed by atoms with E-state index in [1.165, 1.54) is 12.1 Å². The minimum Gasteiger partial charge on any atom is -0.507 e. The van der Waals surface area contributed by atoms with Gasteiger partial charge in [0.1, 0.15) is 11.5 Å². The Kier molecular flexibility index (Phi) is 6.46. The molecule has 6 atom stereocenters. The van der Waals surface area contributed by atoms with Crippen LogP contribution >= 0.6 is 12.4 Å². The lowest BCUT2D eigenvalue weighted by atomic mass is 9.73. The minimum atomic E-state index is -1.34. The number of halogens is 1. The number of ketones is 2. The third-order valence-electron chi connectivity index (χ3n) is 7.03. The standard InChI is InChI=1S/C25H27NO8.ClH/c1-10-20(27)14(26)7-16(33-10)34-15-9-25(2,32)8-13-17(15)24(31)19-18(23(13)30)21(28)11-5-3-4-6-12(11)22(19)29;/h3-6,10,14-16,20,27,30-32H,7-9,26H2,1-2H3;1H/t10-,14+,15-,16-,20-,25-;/m0./s1. The number of benzene rings is 2. The molecule has 10 heteroatoms. The average Bonchev–Trinajstić information content (AvgIpc) is 2.77. The van der Waals surface area contributed by atoms with E-state index in [2.05, 4.69) is 0 Å². The number of phenols is 2. The summed E-state index contributed by atoms with van der Waals surface area (Å²) in [6.45, 7) is 3.22. The molecule has 35 heavy (non-hydrogen) atoms. The predicted molar refractivity (Wildman–Crippen MR) is 126 cm³/mol. The Bertz CT molecular complexity index is 1200. The zero-order chi connectivity index (χ0) is 24.5. The molecule has 2 aromatic rings. The van der Waals surface area contributed by atoms with Crippen molar-refractivity contribution < 1.29 is 39.5 Å². The molecule has 5 rings (SSSR count). The summed E-state index contributed by atoms with van der Waals surface area (Å²) in [4.78, 5) is 26.5. The minimum absolute atomic E-state index is 0. The van der Waals surface area contributed by atoms with E-state index in [0.29, 0.717) is 0 Å². The monoisotopic (exact) mass is 505 g/mol. The van der Waals surface area contributed by atoms with Crippen LogP contribution in [0.15, 0.2) is 24.3 Å². The average molecular weight is 506 g/mol. The van der Waals surface area contributed by atoms with Crippen LogP contribution in [-0.2, 0) is 15.9 Å². The Balaban J connectivity index is 0.00000289. The number of aromatic hydroxyl groups is 2. The van der Waals surface area contributed by atoms with Gasteiger partial charge in [-0.1, -0.05) is 24.3 Å². The molecule has 2 aromatic carbocycles. The molecule has 0 amide bonds. The normalized spacial score (nSPS) is 31.7. The maximum atomic E-state index is 13.3. The van der Waals surface area contributed by atoms with Crippen LogP contribution in [0.25, 0.3) is 0 Å². The van der Waals surface area contributed by atoms with Crippen LogP contribution in [0.3, 0.4) is 0 Å².